The summed E-state index contributed by atoms with van der Waals surface area (Å²) in [5.74, 6) is 1.85. The Morgan fingerprint density at radius 2 is 2.05 bits per heavy atom. The lowest BCUT2D eigenvalue weighted by molar-refractivity contribution is 0.414. The smallest absolute Gasteiger partial charge is 0.194 e. The maximum atomic E-state index is 5.78. The third kappa shape index (κ3) is 3.99. The maximum absolute atomic E-state index is 5.78. The van der Waals surface area contributed by atoms with Crippen LogP contribution in [0.4, 0.5) is 5.82 Å². The third-order valence-electron chi connectivity index (χ3n) is 2.51. The van der Waals surface area contributed by atoms with Gasteiger partial charge < -0.3 is 15.8 Å². The van der Waals surface area contributed by atoms with Crippen molar-refractivity contribution in [1.82, 2.24) is 4.98 Å². The van der Waals surface area contributed by atoms with Gasteiger partial charge in [0.2, 0.25) is 0 Å². The average molecular weight is 256 g/mol. The van der Waals surface area contributed by atoms with E-state index in [1.165, 1.54) is 0 Å². The van der Waals surface area contributed by atoms with E-state index < -0.39 is 0 Å². The molecule has 0 fully saturated rings. The topological polar surface area (TPSA) is 72.5 Å². The lowest BCUT2D eigenvalue weighted by Crippen LogP contribution is -2.23. The second-order valence-electron chi connectivity index (χ2n) is 3.89. The van der Waals surface area contributed by atoms with Gasteiger partial charge in [0.15, 0.2) is 5.96 Å². The van der Waals surface area contributed by atoms with Gasteiger partial charge in [0.1, 0.15) is 11.6 Å². The Kier molecular flexibility index (Phi) is 4.34. The molecule has 2 aromatic rings. The van der Waals surface area contributed by atoms with E-state index in [4.69, 9.17) is 10.5 Å². The van der Waals surface area contributed by atoms with Crippen molar-refractivity contribution in [3.8, 4) is 5.75 Å². The molecule has 1 heterocycles. The van der Waals surface area contributed by atoms with E-state index in [1.807, 2.05) is 42.5 Å². The van der Waals surface area contributed by atoms with Crippen LogP contribution in [0, 0.1) is 0 Å². The zero-order valence-electron chi connectivity index (χ0n) is 10.7. The van der Waals surface area contributed by atoms with Gasteiger partial charge in [-0.3, -0.25) is 0 Å². The Hall–Kier alpha value is -2.56. The molecule has 0 aliphatic rings. The molecule has 5 nitrogen and oxygen atoms in total. The highest BCUT2D eigenvalue weighted by atomic mass is 16.5. The van der Waals surface area contributed by atoms with E-state index >= 15 is 0 Å². The number of aliphatic imine (C=N–C) groups is 1. The first kappa shape index (κ1) is 12.9. The summed E-state index contributed by atoms with van der Waals surface area (Å²) < 4.78 is 5.09. The van der Waals surface area contributed by atoms with Crippen LogP contribution in [0.1, 0.15) is 5.56 Å². The highest BCUT2D eigenvalue weighted by Gasteiger charge is 1.96. The molecule has 0 saturated heterocycles. The summed E-state index contributed by atoms with van der Waals surface area (Å²) in [6, 6.07) is 13.3. The Balaban J connectivity index is 1.93. The average Bonchev–Trinajstić information content (AvgIpc) is 2.47. The molecule has 0 unspecified atom stereocenters. The molecule has 0 aliphatic carbocycles. The molecule has 0 radical (unpaired) electrons. The summed E-state index contributed by atoms with van der Waals surface area (Å²) in [6.07, 6.45) is 1.69. The van der Waals surface area contributed by atoms with Crippen LogP contribution in [0.3, 0.4) is 0 Å². The zero-order valence-corrected chi connectivity index (χ0v) is 10.7. The Morgan fingerprint density at radius 3 is 2.68 bits per heavy atom. The van der Waals surface area contributed by atoms with E-state index in [9.17, 15) is 0 Å². The van der Waals surface area contributed by atoms with Crippen molar-refractivity contribution < 1.29 is 4.74 Å². The summed E-state index contributed by atoms with van der Waals surface area (Å²) in [6.45, 7) is 0.510. The van der Waals surface area contributed by atoms with Gasteiger partial charge in [-0.05, 0) is 29.8 Å². The van der Waals surface area contributed by atoms with Crippen LogP contribution in [-0.4, -0.2) is 18.1 Å². The van der Waals surface area contributed by atoms with E-state index in [1.54, 1.807) is 13.3 Å². The zero-order chi connectivity index (χ0) is 13.5. The number of anilines is 1. The highest BCUT2D eigenvalue weighted by molar-refractivity contribution is 5.91. The number of nitrogens with one attached hydrogen (secondary N) is 1. The predicted octanol–water partition coefficient (Wildman–Crippen LogP) is 2.02. The molecular weight excluding hydrogens is 240 g/mol. The Morgan fingerprint density at radius 1 is 1.26 bits per heavy atom. The molecule has 98 valence electrons. The van der Waals surface area contributed by atoms with Crippen molar-refractivity contribution in [2.75, 3.05) is 12.4 Å². The van der Waals surface area contributed by atoms with Gasteiger partial charge in [0.05, 0.1) is 13.7 Å². The molecule has 0 saturated carbocycles. The molecular formula is C14H16N4O. The van der Waals surface area contributed by atoms with Crippen molar-refractivity contribution in [3.63, 3.8) is 0 Å². The minimum absolute atomic E-state index is 0.342. The van der Waals surface area contributed by atoms with Gasteiger partial charge >= 0.3 is 0 Å². The second-order valence-corrected chi connectivity index (χ2v) is 3.89. The molecule has 3 N–H and O–H groups in total. The number of rotatable bonds is 4. The Bertz CT molecular complexity index is 537. The molecule has 0 amide bonds. The molecule has 0 bridgehead atoms. The molecule has 0 aliphatic heterocycles. The molecule has 1 aromatic carbocycles. The van der Waals surface area contributed by atoms with E-state index in [0.717, 1.165) is 11.3 Å². The minimum atomic E-state index is 0.342. The first-order valence-electron chi connectivity index (χ1n) is 5.89. The number of aromatic nitrogens is 1. The number of guanidine groups is 1. The normalized spacial score (nSPS) is 11.1. The first-order valence-corrected chi connectivity index (χ1v) is 5.89. The lowest BCUT2D eigenvalue weighted by atomic mass is 10.2. The van der Waals surface area contributed by atoms with Crippen LogP contribution >= 0.6 is 0 Å². The van der Waals surface area contributed by atoms with Crippen molar-refractivity contribution in [3.05, 3.63) is 54.2 Å². The fraction of sp³-hybridized carbons (Fsp3) is 0.143. The number of hydrogen-bond acceptors (Lipinski definition) is 3. The second kappa shape index (κ2) is 6.39. The number of hydrogen-bond donors (Lipinski definition) is 2. The van der Waals surface area contributed by atoms with Crippen LogP contribution in [0.2, 0.25) is 0 Å². The van der Waals surface area contributed by atoms with Crippen molar-refractivity contribution >= 4 is 11.8 Å². The van der Waals surface area contributed by atoms with Gasteiger partial charge in [-0.2, -0.15) is 0 Å². The van der Waals surface area contributed by atoms with Crippen molar-refractivity contribution in [1.29, 1.82) is 0 Å². The number of methoxy groups -OCH3 is 1. The van der Waals surface area contributed by atoms with Crippen LogP contribution in [0.15, 0.2) is 53.7 Å². The third-order valence-corrected chi connectivity index (χ3v) is 2.51. The summed E-state index contributed by atoms with van der Waals surface area (Å²) in [7, 11) is 1.64. The molecule has 19 heavy (non-hydrogen) atoms. The van der Waals surface area contributed by atoms with Crippen LogP contribution in [0.25, 0.3) is 0 Å². The Labute approximate surface area is 112 Å². The molecule has 0 spiro atoms. The fourth-order valence-electron chi connectivity index (χ4n) is 1.51. The predicted molar refractivity (Wildman–Crippen MR) is 76.2 cm³/mol. The summed E-state index contributed by atoms with van der Waals surface area (Å²) >= 11 is 0. The fourth-order valence-corrected chi connectivity index (χ4v) is 1.51. The lowest BCUT2D eigenvalue weighted by Gasteiger charge is -2.04. The first-order chi connectivity index (χ1) is 9.28. The monoisotopic (exact) mass is 256 g/mol. The molecule has 2 rings (SSSR count). The maximum Gasteiger partial charge on any atom is 0.194 e. The number of pyridine rings is 1. The van der Waals surface area contributed by atoms with Gasteiger partial charge in [-0.1, -0.05) is 18.2 Å². The van der Waals surface area contributed by atoms with Crippen LogP contribution in [0.5, 0.6) is 5.75 Å². The van der Waals surface area contributed by atoms with Gasteiger partial charge in [-0.15, -0.1) is 0 Å². The number of ether oxygens (including phenoxy) is 1. The highest BCUT2D eigenvalue weighted by Crippen LogP contribution is 2.11. The van der Waals surface area contributed by atoms with Gasteiger partial charge in [0, 0.05) is 6.20 Å². The summed E-state index contributed by atoms with van der Waals surface area (Å²) in [4.78, 5) is 8.36. The largest absolute Gasteiger partial charge is 0.497 e. The van der Waals surface area contributed by atoms with Crippen LogP contribution in [-0.2, 0) is 6.54 Å². The molecule has 5 heteroatoms. The quantitative estimate of drug-likeness (QED) is 0.648. The summed E-state index contributed by atoms with van der Waals surface area (Å²) in [5.41, 5.74) is 6.85. The number of nitrogens with two attached hydrogens (primary N) is 1. The van der Waals surface area contributed by atoms with Gasteiger partial charge in [-0.25, -0.2) is 9.98 Å². The molecule has 0 atom stereocenters. The number of nitrogens with zero attached hydrogens (tertiary/aromatic N) is 2. The van der Waals surface area contributed by atoms with Crippen LogP contribution < -0.4 is 15.8 Å². The van der Waals surface area contributed by atoms with Crippen molar-refractivity contribution in [2.24, 2.45) is 10.7 Å². The van der Waals surface area contributed by atoms with E-state index in [0.29, 0.717) is 18.3 Å². The standard InChI is InChI=1S/C14H16N4O/c1-19-12-7-5-11(6-8-12)10-17-14(15)18-13-4-2-3-9-16-13/h2-9H,10H2,1H3,(H3,15,16,17,18). The number of benzene rings is 1. The van der Waals surface area contributed by atoms with Gasteiger partial charge in [0.25, 0.3) is 0 Å². The SMILES string of the molecule is COc1ccc(CN=C(N)Nc2ccccn2)cc1. The molecule has 1 aromatic heterocycles. The van der Waals surface area contributed by atoms with Crippen molar-refractivity contribution in [2.45, 2.75) is 6.54 Å². The van der Waals surface area contributed by atoms with E-state index in [-0.39, 0.29) is 0 Å². The summed E-state index contributed by atoms with van der Waals surface area (Å²) in [5, 5.41) is 2.93. The van der Waals surface area contributed by atoms with E-state index in [2.05, 4.69) is 15.3 Å². The minimum Gasteiger partial charge on any atom is -0.497 e.